The minimum Gasteiger partial charge on any atom is -0.388 e. The van der Waals surface area contributed by atoms with Crippen LogP contribution in [0.15, 0.2) is 30.4 Å². The SMILES string of the molecule is Bc1ccc(NC)c(CC(=C)C(C)(C)C)c1. The third-order valence-electron chi connectivity index (χ3n) is 2.99. The van der Waals surface area contributed by atoms with Gasteiger partial charge in [-0.05, 0) is 23.5 Å². The fourth-order valence-electron chi connectivity index (χ4n) is 1.61. The molecule has 0 saturated heterocycles. The lowest BCUT2D eigenvalue weighted by Crippen LogP contribution is -2.13. The van der Waals surface area contributed by atoms with Crippen LogP contribution in [0.3, 0.4) is 0 Å². The second kappa shape index (κ2) is 4.77. The van der Waals surface area contributed by atoms with Crippen molar-refractivity contribution in [3.05, 3.63) is 35.9 Å². The van der Waals surface area contributed by atoms with Gasteiger partial charge in [0.25, 0.3) is 0 Å². The largest absolute Gasteiger partial charge is 0.388 e. The van der Waals surface area contributed by atoms with E-state index < -0.39 is 0 Å². The Kier molecular flexibility index (Phi) is 3.85. The molecule has 0 amide bonds. The third kappa shape index (κ3) is 3.16. The molecule has 0 saturated carbocycles. The zero-order chi connectivity index (χ0) is 12.3. The van der Waals surface area contributed by atoms with E-state index in [1.807, 2.05) is 7.05 Å². The lowest BCUT2D eigenvalue weighted by atomic mass is 9.82. The Morgan fingerprint density at radius 1 is 1.38 bits per heavy atom. The van der Waals surface area contributed by atoms with Crippen LogP contribution in [0, 0.1) is 5.41 Å². The first kappa shape index (κ1) is 12.9. The van der Waals surface area contributed by atoms with Crippen LogP contribution >= 0.6 is 0 Å². The van der Waals surface area contributed by atoms with Gasteiger partial charge in [-0.25, -0.2) is 0 Å². The fraction of sp³-hybridized carbons (Fsp3) is 0.429. The second-order valence-electron chi connectivity index (χ2n) is 5.44. The quantitative estimate of drug-likeness (QED) is 0.601. The summed E-state index contributed by atoms with van der Waals surface area (Å²) in [6.07, 6.45) is 0.946. The average Bonchev–Trinajstić information content (AvgIpc) is 2.16. The van der Waals surface area contributed by atoms with Crippen molar-refractivity contribution in [1.29, 1.82) is 0 Å². The highest BCUT2D eigenvalue weighted by Gasteiger charge is 2.16. The van der Waals surface area contributed by atoms with Crippen molar-refractivity contribution in [1.82, 2.24) is 0 Å². The molecule has 0 heterocycles. The molecule has 0 aliphatic rings. The highest BCUT2D eigenvalue weighted by Crippen LogP contribution is 2.28. The normalized spacial score (nSPS) is 11.2. The number of hydrogen-bond donors (Lipinski definition) is 1. The second-order valence-corrected chi connectivity index (χ2v) is 5.44. The molecule has 1 N–H and O–H groups in total. The van der Waals surface area contributed by atoms with Gasteiger partial charge in [0, 0.05) is 12.7 Å². The maximum Gasteiger partial charge on any atom is 0.139 e. The number of allylic oxidation sites excluding steroid dienone is 1. The van der Waals surface area contributed by atoms with E-state index in [2.05, 4.69) is 58.7 Å². The van der Waals surface area contributed by atoms with E-state index >= 15 is 0 Å². The Balaban J connectivity index is 2.96. The summed E-state index contributed by atoms with van der Waals surface area (Å²) in [4.78, 5) is 0. The molecule has 0 aliphatic carbocycles. The maximum absolute atomic E-state index is 4.20. The summed E-state index contributed by atoms with van der Waals surface area (Å²) in [5, 5.41) is 3.24. The van der Waals surface area contributed by atoms with E-state index in [0.717, 1.165) is 6.42 Å². The molecular weight excluding hydrogens is 193 g/mol. The van der Waals surface area contributed by atoms with Crippen LogP contribution in [0.1, 0.15) is 26.3 Å². The molecular formula is C14H22BN. The van der Waals surface area contributed by atoms with Crippen molar-refractivity contribution in [2.75, 3.05) is 12.4 Å². The Labute approximate surface area is 100 Å². The lowest BCUT2D eigenvalue weighted by Gasteiger charge is -2.23. The Morgan fingerprint density at radius 2 is 2.00 bits per heavy atom. The van der Waals surface area contributed by atoms with Crippen LogP contribution in [0.5, 0.6) is 0 Å². The molecule has 1 aromatic rings. The van der Waals surface area contributed by atoms with Gasteiger partial charge in [-0.3, -0.25) is 0 Å². The number of anilines is 1. The fourth-order valence-corrected chi connectivity index (χ4v) is 1.61. The topological polar surface area (TPSA) is 12.0 Å². The monoisotopic (exact) mass is 215 g/mol. The van der Waals surface area contributed by atoms with Gasteiger partial charge in [0.15, 0.2) is 0 Å². The molecule has 1 nitrogen and oxygen atoms in total. The van der Waals surface area contributed by atoms with Crippen LogP contribution in [-0.2, 0) is 6.42 Å². The van der Waals surface area contributed by atoms with Crippen LogP contribution in [0.25, 0.3) is 0 Å². The zero-order valence-electron chi connectivity index (χ0n) is 11.1. The van der Waals surface area contributed by atoms with E-state index in [0.29, 0.717) is 0 Å². The summed E-state index contributed by atoms with van der Waals surface area (Å²) in [6.45, 7) is 10.8. The van der Waals surface area contributed by atoms with Gasteiger partial charge >= 0.3 is 0 Å². The number of nitrogens with one attached hydrogen (secondary N) is 1. The molecule has 0 atom stereocenters. The standard InChI is InChI=1S/C14H22BN/c1-10(14(2,3)4)8-11-9-12(15)6-7-13(11)16-5/h6-7,9,16H,1,8,15H2,2-5H3. The van der Waals surface area contributed by atoms with Crippen molar-refractivity contribution in [3.8, 4) is 0 Å². The van der Waals surface area contributed by atoms with Gasteiger partial charge < -0.3 is 5.32 Å². The first-order valence-electron chi connectivity index (χ1n) is 5.80. The van der Waals surface area contributed by atoms with Gasteiger partial charge in [0.05, 0.1) is 0 Å². The molecule has 0 fully saturated rings. The lowest BCUT2D eigenvalue weighted by molar-refractivity contribution is 0.494. The molecule has 0 radical (unpaired) electrons. The molecule has 0 bridgehead atoms. The van der Waals surface area contributed by atoms with Crippen LogP contribution < -0.4 is 10.8 Å². The summed E-state index contributed by atoms with van der Waals surface area (Å²) in [5.41, 5.74) is 5.29. The first-order chi connectivity index (χ1) is 7.34. The van der Waals surface area contributed by atoms with Gasteiger partial charge in [-0.2, -0.15) is 0 Å². The summed E-state index contributed by atoms with van der Waals surface area (Å²) < 4.78 is 0. The Bertz CT molecular complexity index is 388. The predicted molar refractivity (Wildman–Crippen MR) is 76.5 cm³/mol. The van der Waals surface area contributed by atoms with Crippen molar-refractivity contribution in [2.24, 2.45) is 5.41 Å². The highest BCUT2D eigenvalue weighted by molar-refractivity contribution is 6.32. The van der Waals surface area contributed by atoms with Crippen LogP contribution in [0.4, 0.5) is 5.69 Å². The molecule has 0 spiro atoms. The third-order valence-corrected chi connectivity index (χ3v) is 2.99. The van der Waals surface area contributed by atoms with Gasteiger partial charge in [-0.15, -0.1) is 0 Å². The molecule has 0 aliphatic heterocycles. The van der Waals surface area contributed by atoms with Crippen molar-refractivity contribution >= 4 is 19.0 Å². The maximum atomic E-state index is 4.20. The zero-order valence-corrected chi connectivity index (χ0v) is 11.1. The van der Waals surface area contributed by atoms with Gasteiger partial charge in [0.1, 0.15) is 7.85 Å². The number of benzene rings is 1. The van der Waals surface area contributed by atoms with E-state index in [9.17, 15) is 0 Å². The molecule has 16 heavy (non-hydrogen) atoms. The summed E-state index contributed by atoms with van der Waals surface area (Å²) >= 11 is 0. The smallest absolute Gasteiger partial charge is 0.139 e. The minimum absolute atomic E-state index is 0.175. The summed E-state index contributed by atoms with van der Waals surface area (Å²) in [6, 6.07) is 6.51. The van der Waals surface area contributed by atoms with Crippen LogP contribution in [-0.4, -0.2) is 14.9 Å². The predicted octanol–water partition coefficient (Wildman–Crippen LogP) is 2.13. The van der Waals surface area contributed by atoms with E-state index in [1.165, 1.54) is 22.3 Å². The number of rotatable bonds is 3. The molecule has 86 valence electrons. The molecule has 1 rings (SSSR count). The van der Waals surface area contributed by atoms with Crippen molar-refractivity contribution in [2.45, 2.75) is 27.2 Å². The van der Waals surface area contributed by atoms with Crippen molar-refractivity contribution in [3.63, 3.8) is 0 Å². The van der Waals surface area contributed by atoms with E-state index in [4.69, 9.17) is 0 Å². The summed E-state index contributed by atoms with van der Waals surface area (Å²) in [7, 11) is 4.09. The minimum atomic E-state index is 0.175. The molecule has 2 heteroatoms. The highest BCUT2D eigenvalue weighted by atomic mass is 14.8. The molecule has 0 aromatic heterocycles. The van der Waals surface area contributed by atoms with Crippen LogP contribution in [0.2, 0.25) is 0 Å². The van der Waals surface area contributed by atoms with Gasteiger partial charge in [-0.1, -0.05) is 50.5 Å². The molecule has 0 unspecified atom stereocenters. The van der Waals surface area contributed by atoms with E-state index in [-0.39, 0.29) is 5.41 Å². The van der Waals surface area contributed by atoms with Gasteiger partial charge in [0.2, 0.25) is 0 Å². The summed E-state index contributed by atoms with van der Waals surface area (Å²) in [5.74, 6) is 0. The first-order valence-corrected chi connectivity index (χ1v) is 5.80. The Hall–Kier alpha value is -1.18. The van der Waals surface area contributed by atoms with Crippen molar-refractivity contribution < 1.29 is 0 Å². The number of hydrogen-bond acceptors (Lipinski definition) is 1. The Morgan fingerprint density at radius 3 is 2.50 bits per heavy atom. The van der Waals surface area contributed by atoms with E-state index in [1.54, 1.807) is 0 Å². The average molecular weight is 215 g/mol. The molecule has 1 aromatic carbocycles.